The number of rotatable bonds is 6. The first-order chi connectivity index (χ1) is 9.45. The van der Waals surface area contributed by atoms with Crippen molar-refractivity contribution < 1.29 is 4.79 Å². The molecular weight excluding hydrogens is 250 g/mol. The summed E-state index contributed by atoms with van der Waals surface area (Å²) in [6.07, 6.45) is 2.44. The number of carbonyl (C=O) groups excluding carboxylic acids is 1. The van der Waals surface area contributed by atoms with Crippen LogP contribution in [0.4, 0.5) is 11.4 Å². The molecule has 1 fully saturated rings. The summed E-state index contributed by atoms with van der Waals surface area (Å²) in [6, 6.07) is 6.19. The molecule has 1 aliphatic rings. The summed E-state index contributed by atoms with van der Waals surface area (Å²) in [5.41, 5.74) is 8.29. The Morgan fingerprint density at radius 3 is 2.75 bits per heavy atom. The monoisotopic (exact) mass is 275 g/mol. The number of hydrogen-bond donors (Lipinski definition) is 2. The highest BCUT2D eigenvalue weighted by Gasteiger charge is 2.30. The number of nitrogens with zero attached hydrogens (tertiary/aromatic N) is 1. The molecule has 0 aromatic heterocycles. The molecule has 0 spiro atoms. The van der Waals surface area contributed by atoms with Gasteiger partial charge in [0.2, 0.25) is 5.91 Å². The Balaban J connectivity index is 1.95. The van der Waals surface area contributed by atoms with Crippen molar-refractivity contribution in [1.82, 2.24) is 4.90 Å². The van der Waals surface area contributed by atoms with Crippen LogP contribution in [0.15, 0.2) is 18.2 Å². The quantitative estimate of drug-likeness (QED) is 0.785. The molecular formula is C16H25N3O. The predicted molar refractivity (Wildman–Crippen MR) is 83.7 cm³/mol. The molecule has 2 rings (SSSR count). The fourth-order valence-electron chi connectivity index (χ4n) is 2.40. The molecule has 0 aliphatic heterocycles. The Bertz CT molecular complexity index is 481. The Morgan fingerprint density at radius 2 is 2.15 bits per heavy atom. The molecule has 1 aliphatic carbocycles. The van der Waals surface area contributed by atoms with E-state index in [1.807, 2.05) is 25.1 Å². The van der Waals surface area contributed by atoms with Crippen molar-refractivity contribution in [1.29, 1.82) is 0 Å². The highest BCUT2D eigenvalue weighted by molar-refractivity contribution is 5.93. The van der Waals surface area contributed by atoms with Crippen molar-refractivity contribution in [2.75, 3.05) is 24.1 Å². The molecule has 1 aromatic rings. The largest absolute Gasteiger partial charge is 0.399 e. The van der Waals surface area contributed by atoms with Crippen molar-refractivity contribution in [3.05, 3.63) is 23.8 Å². The second-order valence-corrected chi connectivity index (χ2v) is 6.18. The van der Waals surface area contributed by atoms with Crippen LogP contribution >= 0.6 is 0 Å². The highest BCUT2D eigenvalue weighted by atomic mass is 16.2. The molecule has 0 saturated heterocycles. The molecule has 0 atom stereocenters. The van der Waals surface area contributed by atoms with Crippen molar-refractivity contribution in [3.8, 4) is 0 Å². The Morgan fingerprint density at radius 1 is 1.45 bits per heavy atom. The normalized spacial score (nSPS) is 14.8. The molecule has 0 bridgehead atoms. The third kappa shape index (κ3) is 4.23. The number of amides is 1. The van der Waals surface area contributed by atoms with Gasteiger partial charge in [-0.3, -0.25) is 9.69 Å². The van der Waals surface area contributed by atoms with Gasteiger partial charge in [0.1, 0.15) is 0 Å². The van der Waals surface area contributed by atoms with Crippen LogP contribution in [0.1, 0.15) is 32.3 Å². The maximum atomic E-state index is 12.2. The molecule has 4 nitrogen and oxygen atoms in total. The van der Waals surface area contributed by atoms with E-state index in [0.29, 0.717) is 24.2 Å². The van der Waals surface area contributed by atoms with Gasteiger partial charge < -0.3 is 11.1 Å². The second-order valence-electron chi connectivity index (χ2n) is 6.18. The van der Waals surface area contributed by atoms with E-state index in [2.05, 4.69) is 24.1 Å². The van der Waals surface area contributed by atoms with Gasteiger partial charge >= 0.3 is 0 Å². The minimum Gasteiger partial charge on any atom is -0.399 e. The van der Waals surface area contributed by atoms with Crippen molar-refractivity contribution in [3.63, 3.8) is 0 Å². The smallest absolute Gasteiger partial charge is 0.238 e. The number of nitrogen functional groups attached to an aromatic ring is 1. The van der Waals surface area contributed by atoms with Gasteiger partial charge in [-0.2, -0.15) is 0 Å². The molecule has 4 heteroatoms. The number of anilines is 2. The molecule has 1 aromatic carbocycles. The van der Waals surface area contributed by atoms with E-state index in [0.717, 1.165) is 17.8 Å². The van der Waals surface area contributed by atoms with Crippen LogP contribution in [-0.2, 0) is 4.79 Å². The zero-order valence-corrected chi connectivity index (χ0v) is 12.6. The minimum atomic E-state index is 0.0475. The van der Waals surface area contributed by atoms with E-state index < -0.39 is 0 Å². The molecule has 0 heterocycles. The first-order valence-electron chi connectivity index (χ1n) is 7.35. The molecule has 1 saturated carbocycles. The van der Waals surface area contributed by atoms with Gasteiger partial charge in [0.15, 0.2) is 0 Å². The van der Waals surface area contributed by atoms with Gasteiger partial charge in [0.05, 0.1) is 6.54 Å². The summed E-state index contributed by atoms with van der Waals surface area (Å²) in [5.74, 6) is 0.628. The molecule has 20 heavy (non-hydrogen) atoms. The number of carbonyl (C=O) groups is 1. The summed E-state index contributed by atoms with van der Waals surface area (Å²) in [6.45, 7) is 7.80. The van der Waals surface area contributed by atoms with Crippen molar-refractivity contribution >= 4 is 17.3 Å². The zero-order chi connectivity index (χ0) is 14.7. The van der Waals surface area contributed by atoms with Crippen LogP contribution in [0.3, 0.4) is 0 Å². The number of benzene rings is 1. The molecule has 3 N–H and O–H groups in total. The third-order valence-corrected chi connectivity index (χ3v) is 3.55. The van der Waals surface area contributed by atoms with E-state index in [1.54, 1.807) is 0 Å². The first kappa shape index (κ1) is 14.9. The summed E-state index contributed by atoms with van der Waals surface area (Å²) in [7, 11) is 0. The Labute approximate surface area is 121 Å². The second kappa shape index (κ2) is 6.27. The fraction of sp³-hybridized carbons (Fsp3) is 0.562. The van der Waals surface area contributed by atoms with Gasteiger partial charge in [0, 0.05) is 24.0 Å². The molecule has 0 radical (unpaired) electrons. The first-order valence-corrected chi connectivity index (χ1v) is 7.35. The van der Waals surface area contributed by atoms with Crippen LogP contribution < -0.4 is 11.1 Å². The van der Waals surface area contributed by atoms with Crippen molar-refractivity contribution in [2.45, 2.75) is 39.7 Å². The number of aryl methyl sites for hydroxylation is 1. The SMILES string of the molecule is Cc1ccc(N)cc1NC(=O)CN(CC(C)C)C1CC1. The van der Waals surface area contributed by atoms with Gasteiger partial charge in [-0.05, 0) is 43.4 Å². The van der Waals surface area contributed by atoms with E-state index >= 15 is 0 Å². The summed E-state index contributed by atoms with van der Waals surface area (Å²) in [4.78, 5) is 14.5. The third-order valence-electron chi connectivity index (χ3n) is 3.55. The number of nitrogens with one attached hydrogen (secondary N) is 1. The van der Waals surface area contributed by atoms with Gasteiger partial charge in [0.25, 0.3) is 0 Å². The van der Waals surface area contributed by atoms with Crippen LogP contribution in [0.25, 0.3) is 0 Å². The highest BCUT2D eigenvalue weighted by Crippen LogP contribution is 2.27. The predicted octanol–water partition coefficient (Wildman–Crippen LogP) is 2.64. The number of nitrogens with two attached hydrogens (primary N) is 1. The van der Waals surface area contributed by atoms with Crippen LogP contribution in [0, 0.1) is 12.8 Å². The standard InChI is InChI=1S/C16H25N3O/c1-11(2)9-19(14-6-7-14)10-16(20)18-15-8-13(17)5-4-12(15)3/h4-5,8,11,14H,6-7,9-10,17H2,1-3H3,(H,18,20). The zero-order valence-electron chi connectivity index (χ0n) is 12.6. The topological polar surface area (TPSA) is 58.4 Å². The van der Waals surface area contributed by atoms with E-state index in [1.165, 1.54) is 12.8 Å². The van der Waals surface area contributed by atoms with Gasteiger partial charge in [-0.1, -0.05) is 19.9 Å². The lowest BCUT2D eigenvalue weighted by atomic mass is 10.1. The number of hydrogen-bond acceptors (Lipinski definition) is 3. The van der Waals surface area contributed by atoms with E-state index in [9.17, 15) is 4.79 Å². The molecule has 1 amide bonds. The van der Waals surface area contributed by atoms with Gasteiger partial charge in [-0.25, -0.2) is 0 Å². The average Bonchev–Trinajstić information content (AvgIpc) is 3.16. The lowest BCUT2D eigenvalue weighted by Gasteiger charge is -2.23. The Hall–Kier alpha value is -1.55. The maximum Gasteiger partial charge on any atom is 0.238 e. The summed E-state index contributed by atoms with van der Waals surface area (Å²) in [5, 5.41) is 2.98. The maximum absolute atomic E-state index is 12.2. The average molecular weight is 275 g/mol. The van der Waals surface area contributed by atoms with Crippen LogP contribution in [0.5, 0.6) is 0 Å². The van der Waals surface area contributed by atoms with Crippen LogP contribution in [0.2, 0.25) is 0 Å². The molecule has 110 valence electrons. The fourth-order valence-corrected chi connectivity index (χ4v) is 2.40. The van der Waals surface area contributed by atoms with E-state index in [4.69, 9.17) is 5.73 Å². The van der Waals surface area contributed by atoms with Crippen molar-refractivity contribution in [2.24, 2.45) is 5.92 Å². The lowest BCUT2D eigenvalue weighted by Crippen LogP contribution is -2.37. The van der Waals surface area contributed by atoms with Crippen LogP contribution in [-0.4, -0.2) is 29.9 Å². The van der Waals surface area contributed by atoms with E-state index in [-0.39, 0.29) is 5.91 Å². The summed E-state index contributed by atoms with van der Waals surface area (Å²) < 4.78 is 0. The lowest BCUT2D eigenvalue weighted by molar-refractivity contribution is -0.117. The molecule has 0 unspecified atom stereocenters. The Kier molecular flexibility index (Phi) is 4.65. The summed E-state index contributed by atoms with van der Waals surface area (Å²) >= 11 is 0. The van der Waals surface area contributed by atoms with Gasteiger partial charge in [-0.15, -0.1) is 0 Å². The minimum absolute atomic E-state index is 0.0475.